The van der Waals surface area contributed by atoms with Gasteiger partial charge in [0.2, 0.25) is 0 Å². The van der Waals surface area contributed by atoms with Gasteiger partial charge < -0.3 is 15.3 Å². The zero-order valence-corrected chi connectivity index (χ0v) is 14.9. The fraction of sp³-hybridized carbons (Fsp3) is 0.474. The SMILES string of the molecule is Cc1nn(Cc2ccccc2)c(C)c1CNC(=O)N1CCC(CO)C1. The van der Waals surface area contributed by atoms with Crippen molar-refractivity contribution in [2.45, 2.75) is 33.4 Å². The van der Waals surface area contributed by atoms with Gasteiger partial charge in [-0.05, 0) is 25.8 Å². The van der Waals surface area contributed by atoms with Crippen LogP contribution in [0.4, 0.5) is 4.79 Å². The number of urea groups is 1. The summed E-state index contributed by atoms with van der Waals surface area (Å²) in [5, 5.41) is 16.8. The second kappa shape index (κ2) is 7.70. The molecule has 2 heterocycles. The minimum atomic E-state index is -0.0643. The predicted octanol–water partition coefficient (Wildman–Crippen LogP) is 2.07. The summed E-state index contributed by atoms with van der Waals surface area (Å²) < 4.78 is 1.99. The van der Waals surface area contributed by atoms with Gasteiger partial charge in [0, 0.05) is 43.4 Å². The third-order valence-electron chi connectivity index (χ3n) is 4.95. The summed E-state index contributed by atoms with van der Waals surface area (Å²) in [6.45, 7) is 6.72. The molecule has 134 valence electrons. The Kier molecular flexibility index (Phi) is 5.38. The lowest BCUT2D eigenvalue weighted by molar-refractivity contribution is 0.198. The molecule has 6 nitrogen and oxygen atoms in total. The minimum absolute atomic E-state index is 0.0643. The summed E-state index contributed by atoms with van der Waals surface area (Å²) in [7, 11) is 0. The molecule has 1 fully saturated rings. The average molecular weight is 342 g/mol. The largest absolute Gasteiger partial charge is 0.396 e. The zero-order chi connectivity index (χ0) is 17.8. The number of amides is 2. The Morgan fingerprint density at radius 2 is 2.08 bits per heavy atom. The Morgan fingerprint density at radius 3 is 2.76 bits per heavy atom. The lowest BCUT2D eigenvalue weighted by Crippen LogP contribution is -2.38. The number of aromatic nitrogens is 2. The second-order valence-corrected chi connectivity index (χ2v) is 6.73. The number of carbonyl (C=O) groups is 1. The van der Waals surface area contributed by atoms with Crippen LogP contribution in [0.2, 0.25) is 0 Å². The number of aryl methyl sites for hydroxylation is 1. The number of nitrogens with zero attached hydrogens (tertiary/aromatic N) is 3. The van der Waals surface area contributed by atoms with Crippen molar-refractivity contribution in [1.29, 1.82) is 0 Å². The Labute approximate surface area is 148 Å². The van der Waals surface area contributed by atoms with Crippen molar-refractivity contribution in [3.8, 4) is 0 Å². The molecule has 3 rings (SSSR count). The van der Waals surface area contributed by atoms with Crippen molar-refractivity contribution in [2.75, 3.05) is 19.7 Å². The molecule has 25 heavy (non-hydrogen) atoms. The van der Waals surface area contributed by atoms with E-state index in [1.54, 1.807) is 4.90 Å². The summed E-state index contributed by atoms with van der Waals surface area (Å²) in [6, 6.07) is 10.2. The normalized spacial score (nSPS) is 17.1. The van der Waals surface area contributed by atoms with Crippen LogP contribution in [-0.4, -0.2) is 45.5 Å². The smallest absolute Gasteiger partial charge is 0.317 e. The van der Waals surface area contributed by atoms with Crippen LogP contribution in [0.25, 0.3) is 0 Å². The lowest BCUT2D eigenvalue weighted by Gasteiger charge is -2.17. The van der Waals surface area contributed by atoms with Gasteiger partial charge in [-0.3, -0.25) is 4.68 Å². The van der Waals surface area contributed by atoms with E-state index in [4.69, 9.17) is 0 Å². The van der Waals surface area contributed by atoms with Crippen LogP contribution in [0.15, 0.2) is 30.3 Å². The van der Waals surface area contributed by atoms with Crippen molar-refractivity contribution in [3.05, 3.63) is 52.8 Å². The maximum absolute atomic E-state index is 12.3. The van der Waals surface area contributed by atoms with Crippen molar-refractivity contribution >= 4 is 6.03 Å². The first kappa shape index (κ1) is 17.5. The maximum Gasteiger partial charge on any atom is 0.317 e. The van der Waals surface area contributed by atoms with Crippen LogP contribution < -0.4 is 5.32 Å². The molecule has 0 bridgehead atoms. The molecule has 1 aromatic heterocycles. The van der Waals surface area contributed by atoms with Crippen LogP contribution in [0.1, 0.15) is 28.9 Å². The molecular formula is C19H26N4O2. The highest BCUT2D eigenvalue weighted by atomic mass is 16.3. The summed E-state index contributed by atoms with van der Waals surface area (Å²) in [4.78, 5) is 14.1. The summed E-state index contributed by atoms with van der Waals surface area (Å²) in [5.41, 5.74) is 4.30. The average Bonchev–Trinajstić information content (AvgIpc) is 3.20. The molecule has 0 spiro atoms. The Morgan fingerprint density at radius 1 is 1.32 bits per heavy atom. The highest BCUT2D eigenvalue weighted by Crippen LogP contribution is 2.17. The van der Waals surface area contributed by atoms with Gasteiger partial charge in [-0.2, -0.15) is 5.10 Å². The molecule has 2 N–H and O–H groups in total. The van der Waals surface area contributed by atoms with Crippen molar-refractivity contribution in [2.24, 2.45) is 5.92 Å². The first-order chi connectivity index (χ1) is 12.1. The number of likely N-dealkylation sites (tertiary alicyclic amines) is 1. The van der Waals surface area contributed by atoms with Crippen LogP contribution in [0, 0.1) is 19.8 Å². The quantitative estimate of drug-likeness (QED) is 0.874. The number of hydrogen-bond acceptors (Lipinski definition) is 3. The Bertz CT molecular complexity index is 727. The van der Waals surface area contributed by atoms with E-state index >= 15 is 0 Å². The number of aliphatic hydroxyl groups is 1. The van der Waals surface area contributed by atoms with E-state index in [9.17, 15) is 9.90 Å². The fourth-order valence-electron chi connectivity index (χ4n) is 3.34. The highest BCUT2D eigenvalue weighted by molar-refractivity contribution is 5.74. The minimum Gasteiger partial charge on any atom is -0.396 e. The number of nitrogens with one attached hydrogen (secondary N) is 1. The molecule has 0 radical (unpaired) electrons. The number of carbonyl (C=O) groups excluding carboxylic acids is 1. The fourth-order valence-corrected chi connectivity index (χ4v) is 3.34. The third kappa shape index (κ3) is 4.02. The lowest BCUT2D eigenvalue weighted by atomic mass is 10.1. The Balaban J connectivity index is 1.62. The number of benzene rings is 1. The van der Waals surface area contributed by atoms with E-state index in [0.29, 0.717) is 19.6 Å². The first-order valence-corrected chi connectivity index (χ1v) is 8.79. The summed E-state index contributed by atoms with van der Waals surface area (Å²) >= 11 is 0. The highest BCUT2D eigenvalue weighted by Gasteiger charge is 2.25. The molecule has 1 atom stereocenters. The molecule has 0 aliphatic carbocycles. The van der Waals surface area contributed by atoms with Gasteiger partial charge >= 0.3 is 6.03 Å². The van der Waals surface area contributed by atoms with Gasteiger partial charge in [-0.1, -0.05) is 30.3 Å². The van der Waals surface area contributed by atoms with Gasteiger partial charge in [0.1, 0.15) is 0 Å². The zero-order valence-electron chi connectivity index (χ0n) is 14.9. The molecule has 0 saturated carbocycles. The summed E-state index contributed by atoms with van der Waals surface area (Å²) in [6.07, 6.45) is 0.872. The molecule has 1 aliphatic heterocycles. The van der Waals surface area contributed by atoms with Crippen molar-refractivity contribution in [1.82, 2.24) is 20.0 Å². The monoisotopic (exact) mass is 342 g/mol. The van der Waals surface area contributed by atoms with Crippen LogP contribution in [-0.2, 0) is 13.1 Å². The molecule has 1 unspecified atom stereocenters. The molecule has 6 heteroatoms. The van der Waals surface area contributed by atoms with Crippen molar-refractivity contribution < 1.29 is 9.90 Å². The predicted molar refractivity (Wildman–Crippen MR) is 96.2 cm³/mol. The topological polar surface area (TPSA) is 70.4 Å². The van der Waals surface area contributed by atoms with Crippen LogP contribution >= 0.6 is 0 Å². The van der Waals surface area contributed by atoms with Gasteiger partial charge in [0.05, 0.1) is 12.2 Å². The second-order valence-electron chi connectivity index (χ2n) is 6.73. The third-order valence-corrected chi connectivity index (χ3v) is 4.95. The van der Waals surface area contributed by atoms with E-state index in [1.165, 1.54) is 5.56 Å². The van der Waals surface area contributed by atoms with Gasteiger partial charge in [-0.25, -0.2) is 4.79 Å². The van der Waals surface area contributed by atoms with E-state index in [-0.39, 0.29) is 18.6 Å². The molecule has 2 amide bonds. The van der Waals surface area contributed by atoms with Crippen molar-refractivity contribution in [3.63, 3.8) is 0 Å². The molecular weight excluding hydrogens is 316 g/mol. The maximum atomic E-state index is 12.3. The number of rotatable bonds is 5. The number of hydrogen-bond donors (Lipinski definition) is 2. The van der Waals surface area contributed by atoms with Crippen LogP contribution in [0.5, 0.6) is 0 Å². The van der Waals surface area contributed by atoms with Crippen LogP contribution in [0.3, 0.4) is 0 Å². The van der Waals surface area contributed by atoms with Gasteiger partial charge in [-0.15, -0.1) is 0 Å². The Hall–Kier alpha value is -2.34. The molecule has 1 saturated heterocycles. The van der Waals surface area contributed by atoms with Gasteiger partial charge in [0.15, 0.2) is 0 Å². The van der Waals surface area contributed by atoms with Gasteiger partial charge in [0.25, 0.3) is 0 Å². The molecule has 2 aromatic rings. The first-order valence-electron chi connectivity index (χ1n) is 8.79. The standard InChI is InChI=1S/C19H26N4O2/c1-14-18(10-20-19(25)22-9-8-17(11-22)13-24)15(2)23(21-14)12-16-6-4-3-5-7-16/h3-7,17,24H,8-13H2,1-2H3,(H,20,25). The number of aliphatic hydroxyl groups excluding tert-OH is 1. The van der Waals surface area contributed by atoms with E-state index in [0.717, 1.165) is 29.9 Å². The molecule has 1 aliphatic rings. The summed E-state index contributed by atoms with van der Waals surface area (Å²) in [5.74, 6) is 0.211. The van der Waals surface area contributed by atoms with E-state index < -0.39 is 0 Å². The van der Waals surface area contributed by atoms with E-state index in [2.05, 4.69) is 22.5 Å². The molecule has 1 aromatic carbocycles. The van der Waals surface area contributed by atoms with E-state index in [1.807, 2.05) is 36.7 Å².